The molecule has 1 atom stereocenters. The minimum absolute atomic E-state index is 0.443. The minimum atomic E-state index is 0.443. The van der Waals surface area contributed by atoms with Crippen LogP contribution in [-0.4, -0.2) is 37.3 Å². The largest absolute Gasteiger partial charge is 0.379 e. The monoisotopic (exact) mass is 247 g/mol. The predicted octanol–water partition coefficient (Wildman–Crippen LogP) is 2.27. The van der Waals surface area contributed by atoms with Crippen LogP contribution in [0.1, 0.15) is 25.7 Å². The lowest BCUT2D eigenvalue weighted by atomic mass is 10.1. The minimum Gasteiger partial charge on any atom is -0.379 e. The maximum atomic E-state index is 5.47. The molecule has 0 bridgehead atoms. The molecule has 2 aliphatic heterocycles. The number of pyridine rings is 1. The summed E-state index contributed by atoms with van der Waals surface area (Å²) in [5.74, 6) is 1.11. The first kappa shape index (κ1) is 11.8. The van der Waals surface area contributed by atoms with Crippen molar-refractivity contribution in [1.29, 1.82) is 0 Å². The van der Waals surface area contributed by atoms with E-state index in [0.717, 1.165) is 44.2 Å². The molecule has 1 aromatic heterocycles. The molecule has 18 heavy (non-hydrogen) atoms. The maximum Gasteiger partial charge on any atom is 0.128 e. The molecule has 4 heteroatoms. The Hall–Kier alpha value is -1.29. The Labute approximate surface area is 108 Å². The van der Waals surface area contributed by atoms with Crippen LogP contribution >= 0.6 is 0 Å². The maximum absolute atomic E-state index is 5.47. The summed E-state index contributed by atoms with van der Waals surface area (Å²) in [7, 11) is 0. The Balaban J connectivity index is 1.59. The van der Waals surface area contributed by atoms with E-state index in [1.54, 1.807) is 0 Å². The molecule has 0 aromatic carbocycles. The van der Waals surface area contributed by atoms with Crippen LogP contribution in [0.5, 0.6) is 0 Å². The lowest BCUT2D eigenvalue weighted by Gasteiger charge is -2.24. The zero-order valence-corrected chi connectivity index (χ0v) is 10.8. The van der Waals surface area contributed by atoms with E-state index in [-0.39, 0.29) is 0 Å². The van der Waals surface area contributed by atoms with E-state index in [1.165, 1.54) is 19.3 Å². The van der Waals surface area contributed by atoms with Crippen molar-refractivity contribution in [1.82, 2.24) is 4.98 Å². The molecule has 0 radical (unpaired) electrons. The van der Waals surface area contributed by atoms with Crippen molar-refractivity contribution in [3.05, 3.63) is 18.3 Å². The fraction of sp³-hybridized carbons (Fsp3) is 0.643. The number of anilines is 2. The number of rotatable bonds is 3. The topological polar surface area (TPSA) is 37.4 Å². The van der Waals surface area contributed by atoms with Crippen LogP contribution in [0.2, 0.25) is 0 Å². The van der Waals surface area contributed by atoms with E-state index in [1.807, 2.05) is 6.20 Å². The molecule has 2 saturated heterocycles. The van der Waals surface area contributed by atoms with Crippen molar-refractivity contribution in [2.45, 2.75) is 31.7 Å². The summed E-state index contributed by atoms with van der Waals surface area (Å²) < 4.78 is 5.47. The van der Waals surface area contributed by atoms with E-state index < -0.39 is 0 Å². The highest BCUT2D eigenvalue weighted by atomic mass is 16.5. The number of nitrogens with zero attached hydrogens (tertiary/aromatic N) is 2. The molecular formula is C14H21N3O. The Morgan fingerprint density at radius 3 is 2.78 bits per heavy atom. The van der Waals surface area contributed by atoms with Crippen LogP contribution in [0, 0.1) is 0 Å². The van der Waals surface area contributed by atoms with E-state index >= 15 is 0 Å². The highest BCUT2D eigenvalue weighted by Gasteiger charge is 2.15. The van der Waals surface area contributed by atoms with Gasteiger partial charge in [0.05, 0.1) is 18.5 Å². The van der Waals surface area contributed by atoms with Gasteiger partial charge in [0.25, 0.3) is 0 Å². The second-order valence-electron chi connectivity index (χ2n) is 5.16. The first-order chi connectivity index (χ1) is 8.92. The average Bonchev–Trinajstić information content (AvgIpc) is 2.95. The molecule has 2 aliphatic rings. The van der Waals surface area contributed by atoms with Crippen molar-refractivity contribution < 1.29 is 4.74 Å². The number of aromatic nitrogens is 1. The van der Waals surface area contributed by atoms with Crippen molar-refractivity contribution in [3.63, 3.8) is 0 Å². The van der Waals surface area contributed by atoms with Gasteiger partial charge in [-0.2, -0.15) is 0 Å². The predicted molar refractivity (Wildman–Crippen MR) is 73.1 cm³/mol. The summed E-state index contributed by atoms with van der Waals surface area (Å²) in [4.78, 5) is 6.90. The highest BCUT2D eigenvalue weighted by Crippen LogP contribution is 2.20. The number of hydrogen-bond acceptors (Lipinski definition) is 4. The molecule has 3 heterocycles. The molecule has 1 unspecified atom stereocenters. The number of nitrogens with one attached hydrogen (secondary N) is 1. The fourth-order valence-electron chi connectivity index (χ4n) is 2.69. The number of ether oxygens (including phenoxy) is 1. The summed E-state index contributed by atoms with van der Waals surface area (Å²) in [5.41, 5.74) is 1.11. The van der Waals surface area contributed by atoms with Crippen LogP contribution in [-0.2, 0) is 4.74 Å². The third-order valence-electron chi connectivity index (χ3n) is 3.71. The zero-order valence-electron chi connectivity index (χ0n) is 10.8. The van der Waals surface area contributed by atoms with Crippen LogP contribution in [0.3, 0.4) is 0 Å². The average molecular weight is 247 g/mol. The van der Waals surface area contributed by atoms with Gasteiger partial charge in [0, 0.05) is 25.7 Å². The lowest BCUT2D eigenvalue weighted by Crippen LogP contribution is -2.30. The van der Waals surface area contributed by atoms with Gasteiger partial charge >= 0.3 is 0 Å². The second-order valence-corrected chi connectivity index (χ2v) is 5.16. The molecule has 0 aliphatic carbocycles. The Bertz CT molecular complexity index is 367. The van der Waals surface area contributed by atoms with Gasteiger partial charge in [-0.1, -0.05) is 0 Å². The van der Waals surface area contributed by atoms with E-state index in [4.69, 9.17) is 4.74 Å². The summed E-state index contributed by atoms with van der Waals surface area (Å²) in [5, 5.41) is 3.49. The van der Waals surface area contributed by atoms with E-state index in [0.29, 0.717) is 6.04 Å². The van der Waals surface area contributed by atoms with Crippen LogP contribution in [0.15, 0.2) is 18.3 Å². The highest BCUT2D eigenvalue weighted by molar-refractivity contribution is 5.49. The van der Waals surface area contributed by atoms with Gasteiger partial charge in [-0.15, -0.1) is 0 Å². The number of hydrogen-bond donors (Lipinski definition) is 1. The summed E-state index contributed by atoms with van der Waals surface area (Å²) in [6.45, 7) is 4.02. The van der Waals surface area contributed by atoms with Gasteiger partial charge in [-0.3, -0.25) is 0 Å². The Morgan fingerprint density at radius 1 is 1.22 bits per heavy atom. The molecule has 2 fully saturated rings. The molecule has 0 spiro atoms. The lowest BCUT2D eigenvalue weighted by molar-refractivity contribution is 0.0876. The first-order valence-corrected chi connectivity index (χ1v) is 6.97. The van der Waals surface area contributed by atoms with Gasteiger partial charge in [0.2, 0.25) is 0 Å². The van der Waals surface area contributed by atoms with Gasteiger partial charge in [0.15, 0.2) is 0 Å². The fourth-order valence-corrected chi connectivity index (χ4v) is 2.69. The van der Waals surface area contributed by atoms with Crippen LogP contribution in [0.25, 0.3) is 0 Å². The normalized spacial score (nSPS) is 24.2. The molecule has 3 rings (SSSR count). The quantitative estimate of drug-likeness (QED) is 0.889. The molecule has 1 N–H and O–H groups in total. The summed E-state index contributed by atoms with van der Waals surface area (Å²) >= 11 is 0. The first-order valence-electron chi connectivity index (χ1n) is 6.97. The second kappa shape index (κ2) is 5.57. The molecule has 0 amide bonds. The van der Waals surface area contributed by atoms with Gasteiger partial charge in [0.1, 0.15) is 5.82 Å². The van der Waals surface area contributed by atoms with Crippen LogP contribution in [0.4, 0.5) is 11.5 Å². The molecule has 1 aromatic rings. The van der Waals surface area contributed by atoms with Gasteiger partial charge in [-0.05, 0) is 37.8 Å². The van der Waals surface area contributed by atoms with Crippen molar-refractivity contribution in [3.8, 4) is 0 Å². The molecule has 0 saturated carbocycles. The Morgan fingerprint density at radius 2 is 2.11 bits per heavy atom. The van der Waals surface area contributed by atoms with E-state index in [9.17, 15) is 0 Å². The van der Waals surface area contributed by atoms with Crippen molar-refractivity contribution >= 4 is 11.5 Å². The third kappa shape index (κ3) is 2.75. The van der Waals surface area contributed by atoms with Gasteiger partial charge in [-0.25, -0.2) is 4.98 Å². The Kier molecular flexibility index (Phi) is 3.64. The summed E-state index contributed by atoms with van der Waals surface area (Å²) in [6.07, 6.45) is 6.87. The van der Waals surface area contributed by atoms with Crippen LogP contribution < -0.4 is 10.2 Å². The molecule has 98 valence electrons. The van der Waals surface area contributed by atoms with Crippen molar-refractivity contribution in [2.24, 2.45) is 0 Å². The molecular weight excluding hydrogens is 226 g/mol. The smallest absolute Gasteiger partial charge is 0.128 e. The third-order valence-corrected chi connectivity index (χ3v) is 3.71. The summed E-state index contributed by atoms with van der Waals surface area (Å²) in [6, 6.07) is 4.70. The van der Waals surface area contributed by atoms with Gasteiger partial charge < -0.3 is 15.0 Å². The molecule has 4 nitrogen and oxygen atoms in total. The van der Waals surface area contributed by atoms with E-state index in [2.05, 4.69) is 27.3 Å². The zero-order chi connectivity index (χ0) is 12.2. The SMILES string of the molecule is c1cc(N2CCCC2)ncc1NC1CCCOC1. The van der Waals surface area contributed by atoms with Crippen molar-refractivity contribution in [2.75, 3.05) is 36.5 Å². The standard InChI is InChI=1S/C14H21N3O/c1-2-8-17(7-1)14-6-5-12(10-15-14)16-13-4-3-9-18-11-13/h5-6,10,13,16H,1-4,7-9,11H2.